The quantitative estimate of drug-likeness (QED) is 0.600. The maximum absolute atomic E-state index is 9.07. The number of hydrogen-bond acceptors (Lipinski definition) is 1. The molecule has 0 amide bonds. The molecule has 53 valence electrons. The van der Waals surface area contributed by atoms with Gasteiger partial charge in [-0.25, -0.2) is 0 Å². The molecule has 0 unspecified atom stereocenters. The van der Waals surface area contributed by atoms with E-state index in [0.29, 0.717) is 0 Å². The molecular weight excluding hydrogens is 136 g/mol. The summed E-state index contributed by atoms with van der Waals surface area (Å²) in [5.74, 6) is 0.198. The van der Waals surface area contributed by atoms with Crippen LogP contribution in [0.15, 0.2) is 36.4 Å². The molecule has 1 heteroatoms. The summed E-state index contributed by atoms with van der Waals surface area (Å²) in [5.41, 5.74) is 0. The van der Waals surface area contributed by atoms with E-state index in [1.807, 2.05) is 24.3 Å². The zero-order valence-corrected chi connectivity index (χ0v) is 5.91. The Labute approximate surface area is 64.9 Å². The van der Waals surface area contributed by atoms with Crippen molar-refractivity contribution in [1.82, 2.24) is 0 Å². The number of hydrogen-bond donors (Lipinski definition) is 1. The van der Waals surface area contributed by atoms with E-state index in [9.17, 15) is 0 Å². The normalized spacial score (nSPS) is 10.2. The predicted molar refractivity (Wildman–Crippen MR) is 44.4 cm³/mol. The molecule has 0 saturated carbocycles. The first-order chi connectivity index (χ1) is 5.36. The minimum absolute atomic E-state index is 0.198. The van der Waals surface area contributed by atoms with E-state index in [1.54, 1.807) is 12.1 Å². The molecule has 0 saturated heterocycles. The summed E-state index contributed by atoms with van der Waals surface area (Å²) in [5, 5.41) is 11.2. The summed E-state index contributed by atoms with van der Waals surface area (Å²) in [4.78, 5) is 0. The largest absolute Gasteiger partial charge is 0.507 e. The van der Waals surface area contributed by atoms with Crippen molar-refractivity contribution in [3.05, 3.63) is 42.5 Å². The summed E-state index contributed by atoms with van der Waals surface area (Å²) in [6, 6.07) is 14.1. The van der Waals surface area contributed by atoms with E-state index in [1.165, 1.54) is 0 Å². The number of rotatable bonds is 0. The van der Waals surface area contributed by atoms with Crippen LogP contribution in [-0.2, 0) is 0 Å². The maximum Gasteiger partial charge on any atom is 0.124 e. The highest BCUT2D eigenvalue weighted by Crippen LogP contribution is 2.18. The molecule has 0 spiro atoms. The first kappa shape index (κ1) is 6.23. The van der Waals surface area contributed by atoms with Crippen LogP contribution < -0.4 is 0 Å². The van der Waals surface area contributed by atoms with Crippen LogP contribution >= 0.6 is 0 Å². The van der Waals surface area contributed by atoms with Gasteiger partial charge in [-0.1, -0.05) is 24.3 Å². The monoisotopic (exact) mass is 143 g/mol. The Kier molecular flexibility index (Phi) is 1.29. The molecule has 1 nitrogen and oxygen atoms in total. The van der Waals surface area contributed by atoms with Gasteiger partial charge >= 0.3 is 0 Å². The zero-order chi connectivity index (χ0) is 7.68. The molecule has 1 N–H and O–H groups in total. The van der Waals surface area contributed by atoms with Crippen molar-refractivity contribution in [3.63, 3.8) is 0 Å². The minimum Gasteiger partial charge on any atom is -0.507 e. The Hall–Kier alpha value is -1.50. The van der Waals surface area contributed by atoms with Crippen molar-refractivity contribution in [2.24, 2.45) is 0 Å². The minimum atomic E-state index is 0.198. The lowest BCUT2D eigenvalue weighted by molar-refractivity contribution is 0.475. The second-order valence-electron chi connectivity index (χ2n) is 2.45. The molecule has 0 fully saturated rings. The number of fused-ring (bicyclic) bond motifs is 1. The van der Waals surface area contributed by atoms with Gasteiger partial charge in [-0.15, -0.1) is 0 Å². The molecule has 11 heavy (non-hydrogen) atoms. The fourth-order valence-electron chi connectivity index (χ4n) is 1.11. The number of benzene rings is 2. The Balaban J connectivity index is 2.83. The topological polar surface area (TPSA) is 20.2 Å². The van der Waals surface area contributed by atoms with Gasteiger partial charge in [-0.05, 0) is 22.9 Å². The fraction of sp³-hybridized carbons (Fsp3) is 0. The average Bonchev–Trinajstić information content (AvgIpc) is 2.04. The van der Waals surface area contributed by atoms with Gasteiger partial charge in [0, 0.05) is 6.07 Å². The van der Waals surface area contributed by atoms with Crippen LogP contribution in [0.4, 0.5) is 0 Å². The molecule has 0 aromatic heterocycles. The van der Waals surface area contributed by atoms with E-state index in [4.69, 9.17) is 5.11 Å². The van der Waals surface area contributed by atoms with Crippen molar-refractivity contribution < 1.29 is 5.11 Å². The standard InChI is InChI=1S/C10H7O/c11-10-6-5-8-3-1-2-4-9(8)7-10/h1-5,7,11H. The SMILES string of the molecule is Oc1[c]cc2ccccc2c1. The molecule has 0 atom stereocenters. The van der Waals surface area contributed by atoms with Gasteiger partial charge in [-0.3, -0.25) is 0 Å². The molecule has 0 aliphatic heterocycles. The highest BCUT2D eigenvalue weighted by molar-refractivity contribution is 5.83. The van der Waals surface area contributed by atoms with Crippen LogP contribution in [0.3, 0.4) is 0 Å². The molecule has 2 aromatic rings. The summed E-state index contributed by atoms with van der Waals surface area (Å²) < 4.78 is 0. The smallest absolute Gasteiger partial charge is 0.124 e. The van der Waals surface area contributed by atoms with E-state index in [0.717, 1.165) is 10.8 Å². The molecule has 0 bridgehead atoms. The van der Waals surface area contributed by atoms with Gasteiger partial charge in [0.1, 0.15) is 5.75 Å². The summed E-state index contributed by atoms with van der Waals surface area (Å²) >= 11 is 0. The van der Waals surface area contributed by atoms with Gasteiger partial charge in [0.25, 0.3) is 0 Å². The molecule has 0 heterocycles. The third kappa shape index (κ3) is 1.05. The van der Waals surface area contributed by atoms with Gasteiger partial charge in [0.15, 0.2) is 0 Å². The lowest BCUT2D eigenvalue weighted by atomic mass is 10.1. The maximum atomic E-state index is 9.07. The first-order valence-electron chi connectivity index (χ1n) is 3.46. The Bertz CT molecular complexity index is 379. The summed E-state index contributed by atoms with van der Waals surface area (Å²) in [6.45, 7) is 0. The lowest BCUT2D eigenvalue weighted by Crippen LogP contribution is -1.70. The molecule has 2 rings (SSSR count). The van der Waals surface area contributed by atoms with Crippen LogP contribution in [0.5, 0.6) is 5.75 Å². The van der Waals surface area contributed by atoms with Gasteiger partial charge in [0.05, 0.1) is 0 Å². The van der Waals surface area contributed by atoms with Crippen LogP contribution in [-0.4, -0.2) is 5.11 Å². The molecule has 2 aromatic carbocycles. The summed E-state index contributed by atoms with van der Waals surface area (Å²) in [6.07, 6.45) is 0. The van der Waals surface area contributed by atoms with Crippen LogP contribution in [0.2, 0.25) is 0 Å². The van der Waals surface area contributed by atoms with E-state index >= 15 is 0 Å². The van der Waals surface area contributed by atoms with E-state index < -0.39 is 0 Å². The Morgan fingerprint density at radius 2 is 1.82 bits per heavy atom. The van der Waals surface area contributed by atoms with Crippen LogP contribution in [0.25, 0.3) is 10.8 Å². The van der Waals surface area contributed by atoms with Gasteiger partial charge in [0.2, 0.25) is 0 Å². The molecule has 1 radical (unpaired) electrons. The molecule has 0 aliphatic rings. The average molecular weight is 143 g/mol. The second kappa shape index (κ2) is 2.27. The highest BCUT2D eigenvalue weighted by atomic mass is 16.3. The van der Waals surface area contributed by atoms with Crippen molar-refractivity contribution in [1.29, 1.82) is 0 Å². The third-order valence-electron chi connectivity index (χ3n) is 1.66. The van der Waals surface area contributed by atoms with E-state index in [-0.39, 0.29) is 5.75 Å². The third-order valence-corrected chi connectivity index (χ3v) is 1.66. The van der Waals surface area contributed by atoms with E-state index in [2.05, 4.69) is 6.07 Å². The number of aromatic hydroxyl groups is 1. The van der Waals surface area contributed by atoms with Crippen molar-refractivity contribution in [2.45, 2.75) is 0 Å². The van der Waals surface area contributed by atoms with Gasteiger partial charge in [-0.2, -0.15) is 0 Å². The van der Waals surface area contributed by atoms with Crippen molar-refractivity contribution in [3.8, 4) is 5.75 Å². The van der Waals surface area contributed by atoms with Crippen molar-refractivity contribution >= 4 is 10.8 Å². The number of phenolic OH excluding ortho intramolecular Hbond substituents is 1. The van der Waals surface area contributed by atoms with Crippen LogP contribution in [0, 0.1) is 6.07 Å². The Morgan fingerprint density at radius 1 is 1.09 bits per heavy atom. The highest BCUT2D eigenvalue weighted by Gasteiger charge is 1.91. The van der Waals surface area contributed by atoms with Gasteiger partial charge < -0.3 is 5.11 Å². The Morgan fingerprint density at radius 3 is 2.64 bits per heavy atom. The summed E-state index contributed by atoms with van der Waals surface area (Å²) in [7, 11) is 0. The second-order valence-corrected chi connectivity index (χ2v) is 2.45. The molecule has 0 aliphatic carbocycles. The zero-order valence-electron chi connectivity index (χ0n) is 5.91. The predicted octanol–water partition coefficient (Wildman–Crippen LogP) is 2.35. The molecular formula is C10H7O. The first-order valence-corrected chi connectivity index (χ1v) is 3.46. The lowest BCUT2D eigenvalue weighted by Gasteiger charge is -1.95. The fourth-order valence-corrected chi connectivity index (χ4v) is 1.11. The van der Waals surface area contributed by atoms with Crippen molar-refractivity contribution in [2.75, 3.05) is 0 Å². The van der Waals surface area contributed by atoms with Crippen LogP contribution in [0.1, 0.15) is 0 Å². The number of phenols is 1.